The fraction of sp³-hybridized carbons (Fsp3) is 0.600. The van der Waals surface area contributed by atoms with E-state index in [-0.39, 0.29) is 0 Å². The van der Waals surface area contributed by atoms with Crippen LogP contribution >= 0.6 is 11.8 Å². The first-order valence-electron chi connectivity index (χ1n) is 6.59. The first kappa shape index (κ1) is 15.5. The topological polar surface area (TPSA) is 15.3 Å². The molecule has 1 rings (SSSR count). The van der Waals surface area contributed by atoms with Crippen molar-refractivity contribution in [1.82, 2.24) is 10.2 Å². The molecule has 0 aliphatic rings. The maximum Gasteiger partial charge on any atom is 0.0332 e. The van der Waals surface area contributed by atoms with Crippen molar-refractivity contribution < 1.29 is 0 Å². The van der Waals surface area contributed by atoms with E-state index in [1.165, 1.54) is 23.4 Å². The first-order valence-corrected chi connectivity index (χ1v) is 7.98. The lowest BCUT2D eigenvalue weighted by Crippen LogP contribution is -2.27. The maximum absolute atomic E-state index is 3.44. The van der Waals surface area contributed by atoms with E-state index in [2.05, 4.69) is 61.8 Å². The first-order chi connectivity index (χ1) is 8.69. The minimum absolute atomic E-state index is 0.461. The van der Waals surface area contributed by atoms with Crippen LogP contribution in [0, 0.1) is 6.92 Å². The van der Waals surface area contributed by atoms with Crippen molar-refractivity contribution in [2.45, 2.75) is 19.4 Å². The van der Waals surface area contributed by atoms with E-state index in [0.717, 1.165) is 13.0 Å². The lowest BCUT2D eigenvalue weighted by Gasteiger charge is -2.22. The van der Waals surface area contributed by atoms with Gasteiger partial charge in [0, 0.05) is 18.3 Å². The van der Waals surface area contributed by atoms with Gasteiger partial charge in [-0.3, -0.25) is 0 Å². The summed E-state index contributed by atoms with van der Waals surface area (Å²) in [7, 11) is 4.26. The molecule has 18 heavy (non-hydrogen) atoms. The zero-order valence-corrected chi connectivity index (χ0v) is 12.9. The molecule has 1 atom stereocenters. The Hall–Kier alpha value is -0.510. The zero-order chi connectivity index (χ0) is 13.4. The van der Waals surface area contributed by atoms with Crippen LogP contribution in [-0.2, 0) is 0 Å². The van der Waals surface area contributed by atoms with E-state index in [9.17, 15) is 0 Å². The molecular formula is C15H26N2S. The van der Waals surface area contributed by atoms with Crippen LogP contribution in [0.1, 0.15) is 23.6 Å². The second-order valence-electron chi connectivity index (χ2n) is 4.78. The van der Waals surface area contributed by atoms with E-state index in [1.54, 1.807) is 0 Å². The molecule has 1 N–H and O–H groups in total. The normalized spacial score (nSPS) is 12.9. The summed E-state index contributed by atoms with van der Waals surface area (Å²) in [5.41, 5.74) is 2.81. The third-order valence-corrected chi connectivity index (χ3v) is 3.98. The molecule has 0 aliphatic carbocycles. The Morgan fingerprint density at radius 1 is 1.28 bits per heavy atom. The van der Waals surface area contributed by atoms with E-state index in [4.69, 9.17) is 0 Å². The van der Waals surface area contributed by atoms with Gasteiger partial charge in [0.05, 0.1) is 0 Å². The monoisotopic (exact) mass is 266 g/mol. The van der Waals surface area contributed by atoms with Crippen LogP contribution in [0.3, 0.4) is 0 Å². The summed E-state index contributed by atoms with van der Waals surface area (Å²) in [6, 6.07) is 9.12. The fourth-order valence-corrected chi connectivity index (χ4v) is 2.64. The highest BCUT2D eigenvalue weighted by atomic mass is 32.2. The number of thioether (sulfide) groups is 1. The van der Waals surface area contributed by atoms with Crippen LogP contribution in [0.5, 0.6) is 0 Å². The van der Waals surface area contributed by atoms with Gasteiger partial charge in [-0.15, -0.1) is 0 Å². The summed E-state index contributed by atoms with van der Waals surface area (Å²) in [6.07, 6.45) is 3.32. The molecule has 0 aliphatic heterocycles. The van der Waals surface area contributed by atoms with Gasteiger partial charge in [0.1, 0.15) is 0 Å². The molecule has 1 aromatic rings. The summed E-state index contributed by atoms with van der Waals surface area (Å²) < 4.78 is 0. The summed E-state index contributed by atoms with van der Waals surface area (Å²) in [6.45, 7) is 4.50. The number of nitrogens with zero attached hydrogens (tertiary/aromatic N) is 1. The molecule has 0 saturated heterocycles. The lowest BCUT2D eigenvalue weighted by molar-refractivity contribution is 0.328. The Labute approximate surface area is 116 Å². The number of hydrogen-bond acceptors (Lipinski definition) is 3. The van der Waals surface area contributed by atoms with E-state index in [0.29, 0.717) is 6.04 Å². The SMILES string of the molecule is CNC(CCN(C)CCSC)c1ccccc1C. The second kappa shape index (κ2) is 8.57. The van der Waals surface area contributed by atoms with E-state index < -0.39 is 0 Å². The molecule has 0 bridgehead atoms. The van der Waals surface area contributed by atoms with Gasteiger partial charge in [0.15, 0.2) is 0 Å². The fourth-order valence-electron chi connectivity index (χ4n) is 2.14. The minimum Gasteiger partial charge on any atom is -0.313 e. The Morgan fingerprint density at radius 3 is 2.61 bits per heavy atom. The molecule has 0 spiro atoms. The van der Waals surface area contributed by atoms with Crippen LogP contribution in [0.15, 0.2) is 24.3 Å². The van der Waals surface area contributed by atoms with Gasteiger partial charge in [0.25, 0.3) is 0 Å². The molecule has 1 unspecified atom stereocenters. The van der Waals surface area contributed by atoms with Crippen LogP contribution in [-0.4, -0.2) is 44.1 Å². The standard InChI is InChI=1S/C15H26N2S/c1-13-7-5-6-8-14(13)15(16-2)9-10-17(3)11-12-18-4/h5-8,15-16H,9-12H2,1-4H3. The van der Waals surface area contributed by atoms with Crippen molar-refractivity contribution in [3.8, 4) is 0 Å². The highest BCUT2D eigenvalue weighted by Gasteiger charge is 2.11. The molecule has 0 radical (unpaired) electrons. The lowest BCUT2D eigenvalue weighted by atomic mass is 9.99. The van der Waals surface area contributed by atoms with Crippen molar-refractivity contribution in [3.05, 3.63) is 35.4 Å². The Morgan fingerprint density at radius 2 is 2.00 bits per heavy atom. The van der Waals surface area contributed by atoms with Gasteiger partial charge in [-0.1, -0.05) is 24.3 Å². The summed E-state index contributed by atoms with van der Waals surface area (Å²) >= 11 is 1.91. The smallest absolute Gasteiger partial charge is 0.0332 e. The molecule has 0 aromatic heterocycles. The van der Waals surface area contributed by atoms with E-state index in [1.807, 2.05) is 11.8 Å². The number of benzene rings is 1. The molecular weight excluding hydrogens is 240 g/mol. The number of nitrogens with one attached hydrogen (secondary N) is 1. The average Bonchev–Trinajstić information content (AvgIpc) is 2.39. The van der Waals surface area contributed by atoms with Gasteiger partial charge in [-0.05, 0) is 51.4 Å². The molecule has 0 heterocycles. The average molecular weight is 266 g/mol. The van der Waals surface area contributed by atoms with Gasteiger partial charge >= 0.3 is 0 Å². The van der Waals surface area contributed by atoms with Crippen molar-refractivity contribution in [1.29, 1.82) is 0 Å². The van der Waals surface area contributed by atoms with E-state index >= 15 is 0 Å². The molecule has 1 aromatic carbocycles. The second-order valence-corrected chi connectivity index (χ2v) is 5.77. The zero-order valence-electron chi connectivity index (χ0n) is 12.1. The summed E-state index contributed by atoms with van der Waals surface area (Å²) in [5.74, 6) is 1.21. The van der Waals surface area contributed by atoms with Gasteiger partial charge in [-0.2, -0.15) is 11.8 Å². The summed E-state index contributed by atoms with van der Waals surface area (Å²) in [5, 5.41) is 3.44. The Balaban J connectivity index is 2.50. The molecule has 0 saturated carbocycles. The quantitative estimate of drug-likeness (QED) is 0.779. The number of rotatable bonds is 8. The highest BCUT2D eigenvalue weighted by molar-refractivity contribution is 7.98. The van der Waals surface area contributed by atoms with Crippen molar-refractivity contribution in [2.24, 2.45) is 0 Å². The Bertz CT molecular complexity index is 341. The van der Waals surface area contributed by atoms with Crippen LogP contribution in [0.2, 0.25) is 0 Å². The molecule has 0 fully saturated rings. The minimum atomic E-state index is 0.461. The molecule has 3 heteroatoms. The van der Waals surface area contributed by atoms with Crippen LogP contribution in [0.25, 0.3) is 0 Å². The number of hydrogen-bond donors (Lipinski definition) is 1. The predicted molar refractivity (Wildman–Crippen MR) is 83.5 cm³/mol. The third kappa shape index (κ3) is 5.01. The maximum atomic E-state index is 3.44. The van der Waals surface area contributed by atoms with Crippen LogP contribution < -0.4 is 5.32 Å². The predicted octanol–water partition coefficient (Wildman–Crippen LogP) is 2.94. The molecule has 2 nitrogen and oxygen atoms in total. The largest absolute Gasteiger partial charge is 0.313 e. The van der Waals surface area contributed by atoms with Crippen molar-refractivity contribution >= 4 is 11.8 Å². The van der Waals surface area contributed by atoms with Gasteiger partial charge in [0.2, 0.25) is 0 Å². The van der Waals surface area contributed by atoms with Crippen molar-refractivity contribution in [3.63, 3.8) is 0 Å². The van der Waals surface area contributed by atoms with Gasteiger partial charge < -0.3 is 10.2 Å². The van der Waals surface area contributed by atoms with Crippen molar-refractivity contribution in [2.75, 3.05) is 39.2 Å². The number of aryl methyl sites for hydroxylation is 1. The third-order valence-electron chi connectivity index (χ3n) is 3.39. The van der Waals surface area contributed by atoms with Crippen LogP contribution in [0.4, 0.5) is 0 Å². The Kier molecular flexibility index (Phi) is 7.40. The summed E-state index contributed by atoms with van der Waals surface area (Å²) in [4.78, 5) is 2.42. The molecule has 102 valence electrons. The molecule has 0 amide bonds. The van der Waals surface area contributed by atoms with Gasteiger partial charge in [-0.25, -0.2) is 0 Å². The highest BCUT2D eigenvalue weighted by Crippen LogP contribution is 2.20.